The Morgan fingerprint density at radius 3 is 2.70 bits per heavy atom. The van der Waals surface area contributed by atoms with Gasteiger partial charge in [-0.05, 0) is 30.2 Å². The summed E-state index contributed by atoms with van der Waals surface area (Å²) in [5, 5.41) is 2.88. The molecule has 1 amide bonds. The molecule has 0 atom stereocenters. The quantitative estimate of drug-likeness (QED) is 0.895. The minimum Gasteiger partial charge on any atom is -0.363 e. The van der Waals surface area contributed by atoms with Gasteiger partial charge in [-0.15, -0.1) is 0 Å². The molecule has 0 radical (unpaired) electrons. The number of carbonyl (C=O) groups is 1. The third-order valence-electron chi connectivity index (χ3n) is 2.89. The highest BCUT2D eigenvalue weighted by Gasteiger charge is 2.06. The molecule has 0 spiro atoms. The lowest BCUT2D eigenvalue weighted by Gasteiger charge is -2.11. The van der Waals surface area contributed by atoms with Gasteiger partial charge in [-0.2, -0.15) is 0 Å². The van der Waals surface area contributed by atoms with Gasteiger partial charge in [-0.25, -0.2) is 4.98 Å². The van der Waals surface area contributed by atoms with E-state index < -0.39 is 0 Å². The smallest absolute Gasteiger partial charge is 0.252 e. The summed E-state index contributed by atoms with van der Waals surface area (Å²) in [6.07, 6.45) is 5.90. The van der Waals surface area contributed by atoms with Crippen LogP contribution in [-0.4, -0.2) is 36.5 Å². The van der Waals surface area contributed by atoms with Crippen LogP contribution >= 0.6 is 0 Å². The van der Waals surface area contributed by atoms with Crippen LogP contribution in [0.5, 0.6) is 0 Å². The van der Waals surface area contributed by atoms with Crippen molar-refractivity contribution in [2.45, 2.75) is 6.42 Å². The van der Waals surface area contributed by atoms with E-state index in [0.717, 1.165) is 17.8 Å². The van der Waals surface area contributed by atoms with Crippen molar-refractivity contribution in [2.24, 2.45) is 0 Å². The monoisotopic (exact) mass is 270 g/mol. The molecule has 20 heavy (non-hydrogen) atoms. The number of carbonyl (C=O) groups excluding carboxylic acids is 1. The van der Waals surface area contributed by atoms with E-state index in [-0.39, 0.29) is 5.91 Å². The molecular formula is C15H18N4O. The fourth-order valence-electron chi connectivity index (χ4n) is 1.75. The summed E-state index contributed by atoms with van der Waals surface area (Å²) in [4.78, 5) is 22.1. The van der Waals surface area contributed by atoms with Gasteiger partial charge in [0, 0.05) is 39.2 Å². The van der Waals surface area contributed by atoms with Crippen molar-refractivity contribution in [3.05, 3.63) is 54.0 Å². The average molecular weight is 270 g/mol. The second-order valence-electron chi connectivity index (χ2n) is 4.67. The maximum Gasteiger partial charge on any atom is 0.252 e. The molecule has 0 unspecified atom stereocenters. The number of nitrogens with zero attached hydrogens (tertiary/aromatic N) is 3. The van der Waals surface area contributed by atoms with Crippen LogP contribution in [0.4, 0.5) is 5.82 Å². The number of aromatic nitrogens is 2. The Morgan fingerprint density at radius 1 is 1.25 bits per heavy atom. The van der Waals surface area contributed by atoms with Gasteiger partial charge >= 0.3 is 0 Å². The molecule has 0 aliphatic heterocycles. The number of anilines is 1. The first-order chi connectivity index (χ1) is 9.66. The van der Waals surface area contributed by atoms with Gasteiger partial charge in [0.15, 0.2) is 0 Å². The summed E-state index contributed by atoms with van der Waals surface area (Å²) in [6, 6.07) is 7.49. The zero-order valence-corrected chi connectivity index (χ0v) is 11.7. The minimum absolute atomic E-state index is 0.105. The van der Waals surface area contributed by atoms with Crippen LogP contribution in [0.3, 0.4) is 0 Å². The number of rotatable bonds is 5. The number of pyridine rings is 2. The van der Waals surface area contributed by atoms with Gasteiger partial charge < -0.3 is 10.2 Å². The zero-order chi connectivity index (χ0) is 14.4. The third kappa shape index (κ3) is 3.78. The molecule has 2 aromatic rings. The van der Waals surface area contributed by atoms with Crippen LogP contribution in [0.25, 0.3) is 0 Å². The average Bonchev–Trinajstić information content (AvgIpc) is 2.48. The summed E-state index contributed by atoms with van der Waals surface area (Å²) in [7, 11) is 3.83. The van der Waals surface area contributed by atoms with Crippen molar-refractivity contribution in [3.63, 3.8) is 0 Å². The first kappa shape index (κ1) is 14.0. The van der Waals surface area contributed by atoms with Crippen LogP contribution in [0.2, 0.25) is 0 Å². The van der Waals surface area contributed by atoms with E-state index in [1.807, 2.05) is 37.2 Å². The van der Waals surface area contributed by atoms with Crippen molar-refractivity contribution >= 4 is 11.7 Å². The summed E-state index contributed by atoms with van der Waals surface area (Å²) in [6.45, 7) is 0.583. The molecule has 2 aromatic heterocycles. The lowest BCUT2D eigenvalue weighted by Crippen LogP contribution is -2.26. The first-order valence-corrected chi connectivity index (χ1v) is 6.47. The van der Waals surface area contributed by atoms with Crippen LogP contribution in [-0.2, 0) is 6.42 Å². The van der Waals surface area contributed by atoms with Crippen molar-refractivity contribution in [1.82, 2.24) is 15.3 Å². The first-order valence-electron chi connectivity index (χ1n) is 6.47. The van der Waals surface area contributed by atoms with Crippen LogP contribution in [0.1, 0.15) is 15.9 Å². The highest BCUT2D eigenvalue weighted by atomic mass is 16.1. The molecule has 5 nitrogen and oxygen atoms in total. The molecule has 2 rings (SSSR count). The fraction of sp³-hybridized carbons (Fsp3) is 0.267. The van der Waals surface area contributed by atoms with Gasteiger partial charge in [0.25, 0.3) is 5.91 Å². The molecule has 0 bridgehead atoms. The standard InChI is InChI=1S/C15H18N4O/c1-19(2)14-6-5-13(11-18-14)15(20)17-9-7-12-4-3-8-16-10-12/h3-6,8,10-11H,7,9H2,1-2H3,(H,17,20). The molecule has 0 aliphatic carbocycles. The van der Waals surface area contributed by atoms with Gasteiger partial charge in [-0.1, -0.05) is 6.07 Å². The predicted octanol–water partition coefficient (Wildman–Crippen LogP) is 1.52. The van der Waals surface area contributed by atoms with Crippen LogP contribution < -0.4 is 10.2 Å². The predicted molar refractivity (Wildman–Crippen MR) is 78.8 cm³/mol. The molecular weight excluding hydrogens is 252 g/mol. The third-order valence-corrected chi connectivity index (χ3v) is 2.89. The lowest BCUT2D eigenvalue weighted by atomic mass is 10.2. The number of hydrogen-bond donors (Lipinski definition) is 1. The SMILES string of the molecule is CN(C)c1ccc(C(=O)NCCc2cccnc2)cn1. The minimum atomic E-state index is -0.105. The summed E-state index contributed by atoms with van der Waals surface area (Å²) in [5.74, 6) is 0.726. The zero-order valence-electron chi connectivity index (χ0n) is 11.7. The highest BCUT2D eigenvalue weighted by Crippen LogP contribution is 2.07. The molecule has 0 aromatic carbocycles. The Hall–Kier alpha value is -2.43. The Labute approximate surface area is 118 Å². The second-order valence-corrected chi connectivity index (χ2v) is 4.67. The van der Waals surface area contributed by atoms with Gasteiger partial charge in [-0.3, -0.25) is 9.78 Å². The summed E-state index contributed by atoms with van der Waals surface area (Å²) >= 11 is 0. The highest BCUT2D eigenvalue weighted by molar-refractivity contribution is 5.94. The Balaban J connectivity index is 1.85. The Bertz CT molecular complexity index is 552. The number of amides is 1. The summed E-state index contributed by atoms with van der Waals surface area (Å²) in [5.41, 5.74) is 1.68. The van der Waals surface area contributed by atoms with E-state index in [0.29, 0.717) is 12.1 Å². The topological polar surface area (TPSA) is 58.1 Å². The molecule has 0 saturated heterocycles. The van der Waals surface area contributed by atoms with E-state index in [2.05, 4.69) is 15.3 Å². The van der Waals surface area contributed by atoms with Crippen LogP contribution in [0.15, 0.2) is 42.9 Å². The second kappa shape index (κ2) is 6.65. The molecule has 104 valence electrons. The van der Waals surface area contributed by atoms with Gasteiger partial charge in [0.1, 0.15) is 5.82 Å². The van der Waals surface area contributed by atoms with Crippen LogP contribution in [0, 0.1) is 0 Å². The normalized spacial score (nSPS) is 10.1. The largest absolute Gasteiger partial charge is 0.363 e. The molecule has 5 heteroatoms. The molecule has 0 fully saturated rings. The summed E-state index contributed by atoms with van der Waals surface area (Å²) < 4.78 is 0. The Kier molecular flexibility index (Phi) is 4.65. The van der Waals surface area contributed by atoms with E-state index in [4.69, 9.17) is 0 Å². The van der Waals surface area contributed by atoms with Crippen molar-refractivity contribution in [1.29, 1.82) is 0 Å². The molecule has 0 aliphatic rings. The molecule has 2 heterocycles. The maximum absolute atomic E-state index is 11.9. The molecule has 0 saturated carbocycles. The molecule has 1 N–H and O–H groups in total. The lowest BCUT2D eigenvalue weighted by molar-refractivity contribution is 0.0954. The maximum atomic E-state index is 11.9. The van der Waals surface area contributed by atoms with E-state index in [9.17, 15) is 4.79 Å². The van der Waals surface area contributed by atoms with Crippen molar-refractivity contribution in [3.8, 4) is 0 Å². The Morgan fingerprint density at radius 2 is 2.10 bits per heavy atom. The number of nitrogens with one attached hydrogen (secondary N) is 1. The van der Waals surface area contributed by atoms with Gasteiger partial charge in [0.05, 0.1) is 5.56 Å². The van der Waals surface area contributed by atoms with E-state index in [1.54, 1.807) is 24.7 Å². The fourth-order valence-corrected chi connectivity index (χ4v) is 1.75. The van der Waals surface area contributed by atoms with E-state index >= 15 is 0 Å². The van der Waals surface area contributed by atoms with Crippen molar-refractivity contribution in [2.75, 3.05) is 25.5 Å². The van der Waals surface area contributed by atoms with Crippen molar-refractivity contribution < 1.29 is 4.79 Å². The van der Waals surface area contributed by atoms with Gasteiger partial charge in [0.2, 0.25) is 0 Å². The van der Waals surface area contributed by atoms with E-state index in [1.165, 1.54) is 0 Å². The number of hydrogen-bond acceptors (Lipinski definition) is 4.